The molecule has 0 bridgehead atoms. The number of hydrogen-bond acceptors (Lipinski definition) is 5. The van der Waals surface area contributed by atoms with Crippen LogP contribution in [0, 0.1) is 13.8 Å². The van der Waals surface area contributed by atoms with E-state index in [1.165, 1.54) is 23.5 Å². The van der Waals surface area contributed by atoms with Gasteiger partial charge in [0.2, 0.25) is 0 Å². The Morgan fingerprint density at radius 2 is 1.96 bits per heavy atom. The number of carbonyl (C=O) groups is 1. The molecular weight excluding hydrogens is 369 g/mol. The van der Waals surface area contributed by atoms with E-state index in [9.17, 15) is 22.8 Å². The maximum Gasteiger partial charge on any atom is 0.417 e. The minimum absolute atomic E-state index is 0.0709. The number of aryl methyl sites for hydroxylation is 2. The second-order valence-corrected chi connectivity index (χ2v) is 6.80. The summed E-state index contributed by atoms with van der Waals surface area (Å²) in [6.07, 6.45) is -4.67. The zero-order chi connectivity index (χ0) is 19.1. The molecule has 0 aliphatic rings. The maximum absolute atomic E-state index is 13.0. The van der Waals surface area contributed by atoms with E-state index in [-0.39, 0.29) is 11.4 Å². The van der Waals surface area contributed by atoms with E-state index in [0.717, 1.165) is 22.6 Å². The number of nitrogens with zero attached hydrogens (tertiary/aromatic N) is 1. The van der Waals surface area contributed by atoms with Crippen LogP contribution in [-0.2, 0) is 17.5 Å². The van der Waals surface area contributed by atoms with Crippen molar-refractivity contribution in [3.63, 3.8) is 0 Å². The van der Waals surface area contributed by atoms with E-state index in [1.54, 1.807) is 6.92 Å². The van der Waals surface area contributed by atoms with E-state index in [4.69, 9.17) is 4.74 Å². The molecule has 3 rings (SSSR count). The van der Waals surface area contributed by atoms with E-state index in [2.05, 4.69) is 9.97 Å². The summed E-state index contributed by atoms with van der Waals surface area (Å²) in [4.78, 5) is 32.4. The van der Waals surface area contributed by atoms with Gasteiger partial charge in [-0.15, -0.1) is 11.3 Å². The molecule has 26 heavy (non-hydrogen) atoms. The molecule has 0 unspecified atom stereocenters. The zero-order valence-corrected chi connectivity index (χ0v) is 14.5. The number of ether oxygens (including phenoxy) is 1. The standard InChI is InChI=1S/C17H13F3N2O3S/c1-8-9(2)26-15-13(8)14(23)21-12(22-15)7-25-16(24)10-5-3-4-6-11(10)17(18,19)20/h3-6H,7H2,1-2H3,(H,21,22,23). The van der Waals surface area contributed by atoms with Crippen LogP contribution in [0.25, 0.3) is 10.2 Å². The van der Waals surface area contributed by atoms with Gasteiger partial charge < -0.3 is 9.72 Å². The van der Waals surface area contributed by atoms with Crippen molar-refractivity contribution in [2.75, 3.05) is 0 Å². The summed E-state index contributed by atoms with van der Waals surface area (Å²) < 4.78 is 43.8. The van der Waals surface area contributed by atoms with Crippen molar-refractivity contribution in [2.45, 2.75) is 26.6 Å². The third-order valence-corrected chi connectivity index (χ3v) is 4.98. The number of aromatic nitrogens is 2. The molecule has 0 saturated carbocycles. The Labute approximate surface area is 149 Å². The summed E-state index contributed by atoms with van der Waals surface area (Å²) in [5.74, 6) is -1.07. The number of rotatable bonds is 3. The predicted octanol–water partition coefficient (Wildman–Crippen LogP) is 3.98. The lowest BCUT2D eigenvalue weighted by atomic mass is 10.1. The van der Waals surface area contributed by atoms with Gasteiger partial charge >= 0.3 is 12.1 Å². The number of carbonyl (C=O) groups excluding carboxylic acids is 1. The first-order valence-electron chi connectivity index (χ1n) is 7.50. The van der Waals surface area contributed by atoms with Crippen molar-refractivity contribution in [2.24, 2.45) is 0 Å². The van der Waals surface area contributed by atoms with E-state index < -0.39 is 29.9 Å². The molecule has 2 heterocycles. The molecule has 0 aliphatic carbocycles. The number of esters is 1. The van der Waals surface area contributed by atoms with E-state index in [0.29, 0.717) is 10.2 Å². The fourth-order valence-corrected chi connectivity index (χ4v) is 3.54. The highest BCUT2D eigenvalue weighted by Gasteiger charge is 2.35. The average Bonchev–Trinajstić information content (AvgIpc) is 2.86. The van der Waals surface area contributed by atoms with Gasteiger partial charge in [-0.2, -0.15) is 13.2 Å². The van der Waals surface area contributed by atoms with Crippen molar-refractivity contribution in [1.82, 2.24) is 9.97 Å². The van der Waals surface area contributed by atoms with Crippen LogP contribution in [0.15, 0.2) is 29.1 Å². The van der Waals surface area contributed by atoms with Gasteiger partial charge in [-0.05, 0) is 31.5 Å². The topological polar surface area (TPSA) is 72.0 Å². The first-order valence-corrected chi connectivity index (χ1v) is 8.32. The van der Waals surface area contributed by atoms with Gasteiger partial charge in [0.25, 0.3) is 5.56 Å². The summed E-state index contributed by atoms with van der Waals surface area (Å²) in [5.41, 5.74) is -1.22. The Morgan fingerprint density at radius 3 is 2.65 bits per heavy atom. The number of aromatic amines is 1. The number of alkyl halides is 3. The van der Waals surface area contributed by atoms with Crippen LogP contribution in [0.5, 0.6) is 0 Å². The Balaban J connectivity index is 1.85. The fourth-order valence-electron chi connectivity index (χ4n) is 2.49. The normalized spacial score (nSPS) is 11.7. The second kappa shape index (κ2) is 6.56. The minimum Gasteiger partial charge on any atom is -0.454 e. The van der Waals surface area contributed by atoms with Crippen LogP contribution in [0.4, 0.5) is 13.2 Å². The lowest BCUT2D eigenvalue weighted by Crippen LogP contribution is -2.17. The average molecular weight is 382 g/mol. The van der Waals surface area contributed by atoms with E-state index >= 15 is 0 Å². The lowest BCUT2D eigenvalue weighted by molar-refractivity contribution is -0.138. The van der Waals surface area contributed by atoms with Gasteiger partial charge in [0.1, 0.15) is 17.3 Å². The molecule has 1 aromatic carbocycles. The number of nitrogens with one attached hydrogen (secondary N) is 1. The van der Waals surface area contributed by atoms with Crippen LogP contribution in [0.3, 0.4) is 0 Å². The third-order valence-electron chi connectivity index (χ3n) is 3.88. The monoisotopic (exact) mass is 382 g/mol. The summed E-state index contributed by atoms with van der Waals surface area (Å²) >= 11 is 1.32. The SMILES string of the molecule is Cc1sc2nc(COC(=O)c3ccccc3C(F)(F)F)[nH]c(=O)c2c1C. The predicted molar refractivity (Wildman–Crippen MR) is 90.3 cm³/mol. The van der Waals surface area contributed by atoms with Gasteiger partial charge in [-0.25, -0.2) is 9.78 Å². The van der Waals surface area contributed by atoms with Crippen LogP contribution < -0.4 is 5.56 Å². The van der Waals surface area contributed by atoms with Gasteiger partial charge in [0.05, 0.1) is 16.5 Å². The molecule has 0 aliphatic heterocycles. The van der Waals surface area contributed by atoms with Crippen LogP contribution in [0.1, 0.15) is 32.2 Å². The van der Waals surface area contributed by atoms with Crippen molar-refractivity contribution in [3.8, 4) is 0 Å². The highest BCUT2D eigenvalue weighted by molar-refractivity contribution is 7.18. The van der Waals surface area contributed by atoms with Gasteiger partial charge in [-0.3, -0.25) is 4.79 Å². The highest BCUT2D eigenvalue weighted by Crippen LogP contribution is 2.32. The molecule has 0 fully saturated rings. The summed E-state index contributed by atoms with van der Waals surface area (Å²) in [6.45, 7) is 3.22. The number of thiophene rings is 1. The molecule has 3 aromatic rings. The lowest BCUT2D eigenvalue weighted by Gasteiger charge is -2.11. The van der Waals surface area contributed by atoms with Crippen molar-refractivity contribution >= 4 is 27.5 Å². The Bertz CT molecular complexity index is 1050. The number of benzene rings is 1. The highest BCUT2D eigenvalue weighted by atomic mass is 32.1. The molecule has 0 radical (unpaired) electrons. The third kappa shape index (κ3) is 3.34. The first-order chi connectivity index (χ1) is 12.2. The molecular formula is C17H13F3N2O3S. The Hall–Kier alpha value is -2.68. The largest absolute Gasteiger partial charge is 0.454 e. The van der Waals surface area contributed by atoms with Gasteiger partial charge in [0.15, 0.2) is 0 Å². The number of halogens is 3. The van der Waals surface area contributed by atoms with Gasteiger partial charge in [-0.1, -0.05) is 12.1 Å². The van der Waals surface area contributed by atoms with Gasteiger partial charge in [0, 0.05) is 4.88 Å². The van der Waals surface area contributed by atoms with Crippen LogP contribution >= 0.6 is 11.3 Å². The summed E-state index contributed by atoms with van der Waals surface area (Å²) in [7, 11) is 0. The molecule has 136 valence electrons. The van der Waals surface area contributed by atoms with Crippen molar-refractivity contribution < 1.29 is 22.7 Å². The first kappa shape index (κ1) is 18.1. The molecule has 2 aromatic heterocycles. The quantitative estimate of drug-likeness (QED) is 0.696. The molecule has 5 nitrogen and oxygen atoms in total. The van der Waals surface area contributed by atoms with Crippen molar-refractivity contribution in [1.29, 1.82) is 0 Å². The number of hydrogen-bond donors (Lipinski definition) is 1. The summed E-state index contributed by atoms with van der Waals surface area (Å²) in [5, 5.41) is 0.463. The molecule has 0 atom stereocenters. The summed E-state index contributed by atoms with van der Waals surface area (Å²) in [6, 6.07) is 4.35. The number of H-pyrrole nitrogens is 1. The van der Waals surface area contributed by atoms with E-state index in [1.807, 2.05) is 6.92 Å². The Kier molecular flexibility index (Phi) is 4.57. The molecule has 0 amide bonds. The smallest absolute Gasteiger partial charge is 0.417 e. The number of fused-ring (bicyclic) bond motifs is 1. The zero-order valence-electron chi connectivity index (χ0n) is 13.7. The maximum atomic E-state index is 13.0. The molecule has 1 N–H and O–H groups in total. The molecule has 0 saturated heterocycles. The van der Waals surface area contributed by atoms with Crippen molar-refractivity contribution in [3.05, 3.63) is 62.0 Å². The second-order valence-electron chi connectivity index (χ2n) is 5.60. The Morgan fingerprint density at radius 1 is 1.27 bits per heavy atom. The minimum atomic E-state index is -4.67. The molecule has 0 spiro atoms. The van der Waals surface area contributed by atoms with Crippen LogP contribution in [-0.4, -0.2) is 15.9 Å². The fraction of sp³-hybridized carbons (Fsp3) is 0.235. The van der Waals surface area contributed by atoms with Crippen LogP contribution in [0.2, 0.25) is 0 Å². The molecule has 9 heteroatoms.